The number of alkyl halides is 3. The van der Waals surface area contributed by atoms with Crippen molar-refractivity contribution in [2.24, 2.45) is 0 Å². The van der Waals surface area contributed by atoms with E-state index in [1.165, 1.54) is 6.07 Å². The monoisotopic (exact) mass is 405 g/mol. The molecule has 0 fully saturated rings. The third kappa shape index (κ3) is 4.26. The summed E-state index contributed by atoms with van der Waals surface area (Å²) in [6.07, 6.45) is -1.76. The molecular formula is C19H11F4N3O3. The van der Waals surface area contributed by atoms with Gasteiger partial charge in [-0.2, -0.15) is 0 Å². The lowest BCUT2D eigenvalue weighted by atomic mass is 10.0. The van der Waals surface area contributed by atoms with Crippen molar-refractivity contribution in [2.75, 3.05) is 0 Å². The highest BCUT2D eigenvalue weighted by molar-refractivity contribution is 5.87. The lowest BCUT2D eigenvalue weighted by Crippen LogP contribution is -2.17. The van der Waals surface area contributed by atoms with E-state index >= 15 is 0 Å². The van der Waals surface area contributed by atoms with Crippen LogP contribution in [0.5, 0.6) is 11.6 Å². The molecule has 0 aliphatic carbocycles. The Bertz CT molecular complexity index is 1150. The summed E-state index contributed by atoms with van der Waals surface area (Å²) < 4.78 is 65.7. The first-order valence-electron chi connectivity index (χ1n) is 8.23. The van der Waals surface area contributed by atoms with Crippen LogP contribution in [0.15, 0.2) is 59.4 Å². The molecule has 0 saturated carbocycles. The second kappa shape index (κ2) is 7.38. The molecule has 0 aliphatic heterocycles. The van der Waals surface area contributed by atoms with Crippen molar-refractivity contribution in [2.45, 2.75) is 13.0 Å². The lowest BCUT2D eigenvalue weighted by molar-refractivity contribution is -0.274. The first-order chi connectivity index (χ1) is 13.9. The smallest absolute Gasteiger partial charge is 0.467 e. The molecule has 0 N–H and O–H groups in total. The second-order valence-electron chi connectivity index (χ2n) is 5.84. The van der Waals surface area contributed by atoms with E-state index in [0.717, 1.165) is 6.07 Å². The summed E-state index contributed by atoms with van der Waals surface area (Å²) in [5, 5.41) is 4.30. The summed E-state index contributed by atoms with van der Waals surface area (Å²) in [6.45, 7) is 0.0462. The zero-order chi connectivity index (χ0) is 20.4. The standard InChI is InChI=1S/C19H11F4N3O3/c20-15-9-12(28-19(21,22)23)3-4-13(15)11-2-5-16-14(8-11)18(26-29-16)27-10-17-24-6-1-7-25-17/h1-9H,10H2. The summed E-state index contributed by atoms with van der Waals surface area (Å²) >= 11 is 0. The highest BCUT2D eigenvalue weighted by Gasteiger charge is 2.31. The van der Waals surface area contributed by atoms with Crippen LogP contribution in [0.25, 0.3) is 22.1 Å². The van der Waals surface area contributed by atoms with Crippen molar-refractivity contribution >= 4 is 11.0 Å². The zero-order valence-electron chi connectivity index (χ0n) is 14.5. The molecule has 4 aromatic rings. The van der Waals surface area contributed by atoms with Gasteiger partial charge in [0.1, 0.15) is 18.2 Å². The maximum Gasteiger partial charge on any atom is 0.573 e. The van der Waals surface area contributed by atoms with E-state index < -0.39 is 17.9 Å². The molecule has 6 nitrogen and oxygen atoms in total. The van der Waals surface area contributed by atoms with E-state index in [-0.39, 0.29) is 18.1 Å². The molecule has 0 aliphatic rings. The van der Waals surface area contributed by atoms with Crippen LogP contribution in [0.2, 0.25) is 0 Å². The van der Waals surface area contributed by atoms with Gasteiger partial charge in [-0.1, -0.05) is 6.07 Å². The Balaban J connectivity index is 1.61. The van der Waals surface area contributed by atoms with E-state index in [4.69, 9.17) is 9.26 Å². The van der Waals surface area contributed by atoms with Gasteiger partial charge in [-0.05, 0) is 41.1 Å². The average molecular weight is 405 g/mol. The first-order valence-corrected chi connectivity index (χ1v) is 8.23. The molecule has 148 valence electrons. The Kier molecular flexibility index (Phi) is 4.75. The van der Waals surface area contributed by atoms with Crippen molar-refractivity contribution in [1.29, 1.82) is 0 Å². The first kappa shape index (κ1) is 18.7. The fourth-order valence-electron chi connectivity index (χ4n) is 2.65. The van der Waals surface area contributed by atoms with E-state index in [2.05, 4.69) is 19.9 Å². The van der Waals surface area contributed by atoms with Gasteiger partial charge in [0.25, 0.3) is 5.88 Å². The number of aromatic nitrogens is 3. The average Bonchev–Trinajstić information content (AvgIpc) is 3.08. The maximum atomic E-state index is 14.4. The van der Waals surface area contributed by atoms with Crippen LogP contribution in [0.3, 0.4) is 0 Å². The van der Waals surface area contributed by atoms with Gasteiger partial charge in [-0.25, -0.2) is 14.4 Å². The van der Waals surface area contributed by atoms with E-state index in [0.29, 0.717) is 28.4 Å². The third-order valence-corrected chi connectivity index (χ3v) is 3.88. The van der Waals surface area contributed by atoms with Crippen LogP contribution in [-0.4, -0.2) is 21.5 Å². The molecule has 0 saturated heterocycles. The number of rotatable bonds is 5. The molecule has 29 heavy (non-hydrogen) atoms. The summed E-state index contributed by atoms with van der Waals surface area (Å²) in [7, 11) is 0. The molecule has 0 radical (unpaired) electrons. The van der Waals surface area contributed by atoms with Gasteiger partial charge in [-0.3, -0.25) is 0 Å². The molecule has 4 rings (SSSR count). The zero-order valence-corrected chi connectivity index (χ0v) is 14.5. The third-order valence-electron chi connectivity index (χ3n) is 3.88. The van der Waals surface area contributed by atoms with E-state index in [9.17, 15) is 17.6 Å². The highest BCUT2D eigenvalue weighted by Crippen LogP contribution is 2.33. The maximum absolute atomic E-state index is 14.4. The van der Waals surface area contributed by atoms with Crippen LogP contribution in [0, 0.1) is 5.82 Å². The number of halogens is 4. The molecule has 2 aromatic heterocycles. The predicted molar refractivity (Wildman–Crippen MR) is 92.5 cm³/mol. The largest absolute Gasteiger partial charge is 0.573 e. The lowest BCUT2D eigenvalue weighted by Gasteiger charge is -2.10. The SMILES string of the molecule is Fc1cc(OC(F)(F)F)ccc1-c1ccc2onc(OCc3ncccn3)c2c1. The van der Waals surface area contributed by atoms with Crippen LogP contribution < -0.4 is 9.47 Å². The quantitative estimate of drug-likeness (QED) is 0.440. The summed E-state index contributed by atoms with van der Waals surface area (Å²) in [5.74, 6) is -0.919. The van der Waals surface area contributed by atoms with Crippen LogP contribution in [0.1, 0.15) is 5.82 Å². The minimum atomic E-state index is -4.90. The number of hydrogen-bond donors (Lipinski definition) is 0. The van der Waals surface area contributed by atoms with Gasteiger partial charge in [0.2, 0.25) is 0 Å². The van der Waals surface area contributed by atoms with Crippen molar-refractivity contribution in [3.63, 3.8) is 0 Å². The minimum absolute atomic E-state index is 0.0462. The van der Waals surface area contributed by atoms with Gasteiger partial charge in [0.05, 0.1) is 5.39 Å². The van der Waals surface area contributed by atoms with Gasteiger partial charge >= 0.3 is 6.36 Å². The summed E-state index contributed by atoms with van der Waals surface area (Å²) in [4.78, 5) is 8.07. The van der Waals surface area contributed by atoms with Crippen LogP contribution >= 0.6 is 0 Å². The molecule has 2 heterocycles. The van der Waals surface area contributed by atoms with Gasteiger partial charge in [0, 0.05) is 24.0 Å². The molecule has 0 spiro atoms. The fraction of sp³-hybridized carbons (Fsp3) is 0.105. The number of fused-ring (bicyclic) bond motifs is 1. The van der Waals surface area contributed by atoms with Crippen molar-refractivity contribution in [1.82, 2.24) is 15.1 Å². The highest BCUT2D eigenvalue weighted by atomic mass is 19.4. The molecular weight excluding hydrogens is 394 g/mol. The summed E-state index contributed by atoms with van der Waals surface area (Å²) in [6, 6.07) is 9.25. The Morgan fingerprint density at radius 1 is 1.00 bits per heavy atom. The van der Waals surface area contributed by atoms with Crippen molar-refractivity contribution < 1.29 is 31.6 Å². The normalized spacial score (nSPS) is 11.6. The van der Waals surface area contributed by atoms with Crippen molar-refractivity contribution in [3.05, 3.63) is 66.5 Å². The van der Waals surface area contributed by atoms with E-state index in [1.54, 1.807) is 36.7 Å². The Morgan fingerprint density at radius 3 is 2.52 bits per heavy atom. The predicted octanol–water partition coefficient (Wildman–Crippen LogP) is 4.90. The molecule has 0 atom stereocenters. The number of nitrogens with zero attached hydrogens (tertiary/aromatic N) is 3. The molecule has 0 unspecified atom stereocenters. The Labute approximate surface area is 160 Å². The minimum Gasteiger partial charge on any atom is -0.467 e. The number of ether oxygens (including phenoxy) is 2. The molecule has 2 aromatic carbocycles. The van der Waals surface area contributed by atoms with Gasteiger partial charge < -0.3 is 14.0 Å². The Morgan fingerprint density at radius 2 is 1.79 bits per heavy atom. The van der Waals surface area contributed by atoms with Gasteiger partial charge in [0.15, 0.2) is 11.4 Å². The number of hydrogen-bond acceptors (Lipinski definition) is 6. The number of benzene rings is 2. The summed E-state index contributed by atoms with van der Waals surface area (Å²) in [5.41, 5.74) is 0.882. The fourth-order valence-corrected chi connectivity index (χ4v) is 2.65. The van der Waals surface area contributed by atoms with Crippen LogP contribution in [0.4, 0.5) is 17.6 Å². The Hall–Kier alpha value is -3.69. The van der Waals surface area contributed by atoms with E-state index in [1.807, 2.05) is 0 Å². The molecule has 10 heteroatoms. The molecule has 0 bridgehead atoms. The van der Waals surface area contributed by atoms with Gasteiger partial charge in [-0.15, -0.1) is 13.2 Å². The van der Waals surface area contributed by atoms with Crippen LogP contribution in [-0.2, 0) is 6.61 Å². The van der Waals surface area contributed by atoms with Crippen molar-refractivity contribution in [3.8, 4) is 22.8 Å². The second-order valence-corrected chi connectivity index (χ2v) is 5.84. The molecule has 0 amide bonds. The topological polar surface area (TPSA) is 70.3 Å².